The number of methoxy groups -OCH3 is 1. The van der Waals surface area contributed by atoms with Crippen LogP contribution in [0.3, 0.4) is 0 Å². The zero-order valence-corrected chi connectivity index (χ0v) is 36.4. The first-order chi connectivity index (χ1) is 28.7. The van der Waals surface area contributed by atoms with E-state index in [2.05, 4.69) is 13.8 Å². The second-order valence-corrected chi connectivity index (χ2v) is 14.5. The molecular formula is C45H70O14. The fourth-order valence-electron chi connectivity index (χ4n) is 5.92. The highest BCUT2D eigenvalue weighted by atomic mass is 16.7. The minimum atomic E-state index is -1.62. The lowest BCUT2D eigenvalue weighted by Crippen LogP contribution is -2.61. The molecular weight excluding hydrogens is 764 g/mol. The Bertz CT molecular complexity index is 1450. The van der Waals surface area contributed by atoms with E-state index >= 15 is 0 Å². The van der Waals surface area contributed by atoms with Crippen LogP contribution in [-0.2, 0) is 18.9 Å². The topological polar surface area (TPSA) is 167 Å². The molecule has 0 spiro atoms. The molecule has 0 radical (unpaired) electrons. The predicted octanol–water partition coefficient (Wildman–Crippen LogP) is 8.24. The highest BCUT2D eigenvalue weighted by molar-refractivity contribution is 5.92. The number of benzene rings is 2. The Morgan fingerprint density at radius 3 is 1.17 bits per heavy atom. The second-order valence-electron chi connectivity index (χ2n) is 14.5. The predicted molar refractivity (Wildman–Crippen MR) is 222 cm³/mol. The number of esters is 2. The number of unbranched alkanes of at least 4 members (excludes halogenated alkanes) is 6. The van der Waals surface area contributed by atoms with Gasteiger partial charge in [0, 0.05) is 7.11 Å². The minimum Gasteiger partial charge on any atom is -0.490 e. The summed E-state index contributed by atoms with van der Waals surface area (Å²) in [5.41, 5.74) is 0.108. The van der Waals surface area contributed by atoms with Crippen LogP contribution in [0.1, 0.15) is 139 Å². The number of carbonyl (C=O) groups excluding carboxylic acids is 2. The first kappa shape index (κ1) is 49.4. The Hall–Kier alpha value is -3.98. The third kappa shape index (κ3) is 15.2. The van der Waals surface area contributed by atoms with Crippen molar-refractivity contribution in [3.63, 3.8) is 0 Å². The van der Waals surface area contributed by atoms with E-state index in [1.807, 2.05) is 27.7 Å². The molecule has 0 amide bonds. The molecule has 3 rings (SSSR count). The van der Waals surface area contributed by atoms with Crippen LogP contribution in [0.15, 0.2) is 24.3 Å². The van der Waals surface area contributed by atoms with Crippen LogP contribution < -0.4 is 28.4 Å². The highest BCUT2D eigenvalue weighted by Crippen LogP contribution is 2.42. The molecule has 5 atom stereocenters. The van der Waals surface area contributed by atoms with Crippen molar-refractivity contribution in [1.82, 2.24) is 0 Å². The summed E-state index contributed by atoms with van der Waals surface area (Å²) in [5.74, 6) is 0.299. The van der Waals surface area contributed by atoms with E-state index in [-0.39, 0.29) is 11.1 Å². The maximum absolute atomic E-state index is 14.2. The number of aliphatic hydroxyl groups excluding tert-OH is 2. The van der Waals surface area contributed by atoms with Gasteiger partial charge in [-0.1, -0.05) is 80.1 Å². The van der Waals surface area contributed by atoms with Gasteiger partial charge in [0.25, 0.3) is 0 Å². The maximum Gasteiger partial charge on any atom is 0.339 e. The van der Waals surface area contributed by atoms with E-state index in [0.717, 1.165) is 77.0 Å². The third-order valence-corrected chi connectivity index (χ3v) is 9.54. The molecule has 2 aromatic rings. The van der Waals surface area contributed by atoms with Gasteiger partial charge >= 0.3 is 11.9 Å². The van der Waals surface area contributed by atoms with Crippen molar-refractivity contribution in [3.8, 4) is 34.5 Å². The van der Waals surface area contributed by atoms with Crippen molar-refractivity contribution in [2.75, 3.05) is 53.4 Å². The molecule has 2 N–H and O–H groups in total. The van der Waals surface area contributed by atoms with Gasteiger partial charge in [0.15, 0.2) is 41.5 Å². The van der Waals surface area contributed by atoms with Gasteiger partial charge in [0.05, 0.1) is 57.4 Å². The summed E-state index contributed by atoms with van der Waals surface area (Å²) in [7, 11) is 1.31. The van der Waals surface area contributed by atoms with Crippen LogP contribution in [0.25, 0.3) is 0 Å². The van der Waals surface area contributed by atoms with Crippen LogP contribution in [0.4, 0.5) is 0 Å². The van der Waals surface area contributed by atoms with E-state index in [1.165, 1.54) is 31.4 Å². The van der Waals surface area contributed by atoms with Crippen LogP contribution >= 0.6 is 0 Å². The fraction of sp³-hybridized carbons (Fsp3) is 0.689. The molecule has 1 heterocycles. The number of ether oxygens (including phenoxy) is 10. The van der Waals surface area contributed by atoms with Gasteiger partial charge in [-0.3, -0.25) is 0 Å². The largest absolute Gasteiger partial charge is 0.490 e. The Kier molecular flexibility index (Phi) is 23.2. The van der Waals surface area contributed by atoms with Crippen molar-refractivity contribution < 1.29 is 67.2 Å². The van der Waals surface area contributed by atoms with Crippen molar-refractivity contribution in [3.05, 3.63) is 35.4 Å². The molecule has 0 bridgehead atoms. The fourth-order valence-corrected chi connectivity index (χ4v) is 5.92. The summed E-state index contributed by atoms with van der Waals surface area (Å²) in [4.78, 5) is 28.3. The smallest absolute Gasteiger partial charge is 0.339 e. The van der Waals surface area contributed by atoms with Gasteiger partial charge in [0.1, 0.15) is 12.2 Å². The molecule has 1 aliphatic heterocycles. The van der Waals surface area contributed by atoms with E-state index in [4.69, 9.17) is 47.4 Å². The Morgan fingerprint density at radius 2 is 0.864 bits per heavy atom. The molecule has 2 unspecified atom stereocenters. The first-order valence-corrected chi connectivity index (χ1v) is 21.7. The van der Waals surface area contributed by atoms with Crippen molar-refractivity contribution >= 4 is 11.9 Å². The highest BCUT2D eigenvalue weighted by Gasteiger charge is 2.50. The molecule has 1 saturated heterocycles. The summed E-state index contributed by atoms with van der Waals surface area (Å²) >= 11 is 0. The van der Waals surface area contributed by atoms with Crippen LogP contribution in [0.2, 0.25) is 0 Å². The van der Waals surface area contributed by atoms with Crippen LogP contribution in [0, 0.1) is 0 Å². The quantitative estimate of drug-likeness (QED) is 0.0571. The number of hydrogen-bond donors (Lipinski definition) is 2. The lowest BCUT2D eigenvalue weighted by molar-refractivity contribution is -0.292. The Labute approximate surface area is 351 Å². The van der Waals surface area contributed by atoms with Gasteiger partial charge in [-0.2, -0.15) is 0 Å². The molecule has 14 heteroatoms. The monoisotopic (exact) mass is 834 g/mol. The zero-order chi connectivity index (χ0) is 43.0. The number of rotatable bonds is 30. The van der Waals surface area contributed by atoms with Crippen molar-refractivity contribution in [1.29, 1.82) is 0 Å². The molecule has 14 nitrogen and oxygen atoms in total. The average Bonchev–Trinajstić information content (AvgIpc) is 3.23. The van der Waals surface area contributed by atoms with E-state index in [0.29, 0.717) is 74.1 Å². The maximum atomic E-state index is 14.2. The molecule has 2 aromatic carbocycles. The molecule has 1 fully saturated rings. The van der Waals surface area contributed by atoms with E-state index in [9.17, 15) is 19.8 Å². The summed E-state index contributed by atoms with van der Waals surface area (Å²) in [6.45, 7) is 14.0. The van der Waals surface area contributed by atoms with Crippen molar-refractivity contribution in [2.45, 2.75) is 149 Å². The lowest BCUT2D eigenvalue weighted by atomic mass is 9.98. The molecule has 1 aliphatic rings. The number of carbonyl (C=O) groups is 2. The summed E-state index contributed by atoms with van der Waals surface area (Å²) in [5, 5.41) is 21.6. The van der Waals surface area contributed by atoms with Gasteiger partial charge in [0.2, 0.25) is 11.5 Å². The molecule has 0 aromatic heterocycles. The molecule has 59 heavy (non-hydrogen) atoms. The summed E-state index contributed by atoms with van der Waals surface area (Å²) in [6.07, 6.45) is 2.85. The first-order valence-electron chi connectivity index (χ1n) is 21.7. The minimum absolute atomic E-state index is 0.0468. The number of hydrogen-bond acceptors (Lipinski definition) is 14. The number of aliphatic hydroxyl groups is 2. The van der Waals surface area contributed by atoms with E-state index < -0.39 is 49.3 Å². The van der Waals surface area contributed by atoms with Crippen LogP contribution in [0.5, 0.6) is 34.5 Å². The standard InChI is InChI=1S/C45H70O14/c1-8-14-20-51-33-26-31(27-34(52-21-15-9-2)39(33)55-24-18-12-5)43(48)58-41-38(47)37(30-46)57-45(50-7)42(41)59-44(49)32-28-35(53-22-16-10-3)40(56-25-19-13-6)36(29-32)54-23-17-11-4/h26-29,37-38,41-42,45-47H,8-25,30H2,1-7H3/t37?,38-,41+,42?,45-/m1/s1. The van der Waals surface area contributed by atoms with Gasteiger partial charge < -0.3 is 57.6 Å². The molecule has 334 valence electrons. The van der Waals surface area contributed by atoms with Gasteiger partial charge in [-0.05, 0) is 62.8 Å². The average molecular weight is 835 g/mol. The van der Waals surface area contributed by atoms with Gasteiger partial charge in [-0.25, -0.2) is 9.59 Å². The van der Waals surface area contributed by atoms with Crippen LogP contribution in [-0.4, -0.2) is 106 Å². The second kappa shape index (κ2) is 27.7. The summed E-state index contributed by atoms with van der Waals surface area (Å²) in [6, 6.07) is 6.08. The molecule has 0 aliphatic carbocycles. The van der Waals surface area contributed by atoms with E-state index in [1.54, 1.807) is 0 Å². The lowest BCUT2D eigenvalue weighted by Gasteiger charge is -2.42. The molecule has 0 saturated carbocycles. The normalized spacial score (nSPS) is 18.8. The third-order valence-electron chi connectivity index (χ3n) is 9.54. The zero-order valence-electron chi connectivity index (χ0n) is 36.4. The SMILES string of the molecule is CCCCOc1cc(C(=O)OC2[C@H](OC)OC(CO)[C@@H](O)[C@@H]2OC(=O)c2cc(OCCCC)c(OCCCC)c(OCCCC)c2)cc(OCCCC)c1OCCCC. The Balaban J connectivity index is 2.06. The Morgan fingerprint density at radius 1 is 0.542 bits per heavy atom. The van der Waals surface area contributed by atoms with Gasteiger partial charge in [-0.15, -0.1) is 0 Å². The summed E-state index contributed by atoms with van der Waals surface area (Å²) < 4.78 is 60.2. The van der Waals surface area contributed by atoms with Crippen molar-refractivity contribution in [2.24, 2.45) is 0 Å².